The SMILES string of the molecule is CCNC(C)c1ccnc(N2CCOCC2CC)c1. The fraction of sp³-hybridized carbons (Fsp3) is 0.667. The molecule has 1 fully saturated rings. The van der Waals surface area contributed by atoms with Crippen molar-refractivity contribution in [2.45, 2.75) is 39.3 Å². The van der Waals surface area contributed by atoms with Crippen molar-refractivity contribution in [3.05, 3.63) is 23.9 Å². The predicted octanol–water partition coefficient (Wildman–Crippen LogP) is 2.37. The lowest BCUT2D eigenvalue weighted by atomic mass is 10.1. The zero-order valence-corrected chi connectivity index (χ0v) is 12.2. The van der Waals surface area contributed by atoms with Crippen LogP contribution in [0.15, 0.2) is 18.3 Å². The molecule has 4 heteroatoms. The molecule has 0 saturated carbocycles. The van der Waals surface area contributed by atoms with Gasteiger partial charge in [-0.05, 0) is 37.6 Å². The van der Waals surface area contributed by atoms with E-state index in [2.05, 4.69) is 48.1 Å². The van der Waals surface area contributed by atoms with Crippen LogP contribution in [0.2, 0.25) is 0 Å². The minimum atomic E-state index is 0.368. The van der Waals surface area contributed by atoms with Gasteiger partial charge in [-0.15, -0.1) is 0 Å². The highest BCUT2D eigenvalue weighted by atomic mass is 16.5. The Morgan fingerprint density at radius 2 is 2.37 bits per heavy atom. The molecule has 0 aromatic carbocycles. The van der Waals surface area contributed by atoms with Gasteiger partial charge >= 0.3 is 0 Å². The first-order chi connectivity index (χ1) is 9.26. The van der Waals surface area contributed by atoms with Gasteiger partial charge in [0.15, 0.2) is 0 Å². The maximum Gasteiger partial charge on any atom is 0.129 e. The Kier molecular flexibility index (Phi) is 5.16. The highest BCUT2D eigenvalue weighted by molar-refractivity contribution is 5.43. The molecule has 2 atom stereocenters. The number of pyridine rings is 1. The van der Waals surface area contributed by atoms with Crippen molar-refractivity contribution in [3.8, 4) is 0 Å². The molecule has 1 N–H and O–H groups in total. The fourth-order valence-electron chi connectivity index (χ4n) is 2.58. The predicted molar refractivity (Wildman–Crippen MR) is 78.6 cm³/mol. The Morgan fingerprint density at radius 3 is 3.11 bits per heavy atom. The van der Waals surface area contributed by atoms with Gasteiger partial charge in [0.25, 0.3) is 0 Å². The van der Waals surface area contributed by atoms with Gasteiger partial charge in [-0.2, -0.15) is 0 Å². The van der Waals surface area contributed by atoms with Crippen LogP contribution in [-0.4, -0.2) is 37.3 Å². The summed E-state index contributed by atoms with van der Waals surface area (Å²) in [5.74, 6) is 1.08. The monoisotopic (exact) mass is 263 g/mol. The largest absolute Gasteiger partial charge is 0.377 e. The Hall–Kier alpha value is -1.13. The van der Waals surface area contributed by atoms with Crippen molar-refractivity contribution >= 4 is 5.82 Å². The van der Waals surface area contributed by atoms with Gasteiger partial charge in [-0.1, -0.05) is 13.8 Å². The van der Waals surface area contributed by atoms with Crippen LogP contribution in [0.4, 0.5) is 5.82 Å². The third-order valence-electron chi connectivity index (χ3n) is 3.77. The van der Waals surface area contributed by atoms with Crippen molar-refractivity contribution in [2.24, 2.45) is 0 Å². The van der Waals surface area contributed by atoms with Crippen LogP contribution in [0, 0.1) is 0 Å². The number of hydrogen-bond donors (Lipinski definition) is 1. The van der Waals surface area contributed by atoms with E-state index in [1.54, 1.807) is 0 Å². The van der Waals surface area contributed by atoms with Gasteiger partial charge in [0, 0.05) is 18.8 Å². The number of hydrogen-bond acceptors (Lipinski definition) is 4. The second-order valence-corrected chi connectivity index (χ2v) is 5.06. The number of anilines is 1. The van der Waals surface area contributed by atoms with Crippen molar-refractivity contribution in [1.29, 1.82) is 0 Å². The molecule has 2 rings (SSSR count). The van der Waals surface area contributed by atoms with Gasteiger partial charge in [-0.3, -0.25) is 0 Å². The number of nitrogens with zero attached hydrogens (tertiary/aromatic N) is 2. The zero-order valence-electron chi connectivity index (χ0n) is 12.2. The molecule has 1 aromatic rings. The lowest BCUT2D eigenvalue weighted by molar-refractivity contribution is 0.0925. The summed E-state index contributed by atoms with van der Waals surface area (Å²) in [5.41, 5.74) is 1.30. The number of aromatic nitrogens is 1. The Morgan fingerprint density at radius 1 is 1.53 bits per heavy atom. The van der Waals surface area contributed by atoms with Crippen molar-refractivity contribution in [2.75, 3.05) is 31.2 Å². The lowest BCUT2D eigenvalue weighted by Crippen LogP contribution is -2.45. The maximum absolute atomic E-state index is 5.56. The average Bonchev–Trinajstić information content (AvgIpc) is 2.47. The molecule has 0 radical (unpaired) electrons. The van der Waals surface area contributed by atoms with E-state index in [1.807, 2.05) is 6.20 Å². The number of rotatable bonds is 5. The molecule has 0 aliphatic carbocycles. The minimum Gasteiger partial charge on any atom is -0.377 e. The molecule has 1 aromatic heterocycles. The van der Waals surface area contributed by atoms with Crippen LogP contribution in [-0.2, 0) is 4.74 Å². The average molecular weight is 263 g/mol. The Balaban J connectivity index is 2.17. The van der Waals surface area contributed by atoms with Crippen molar-refractivity contribution in [1.82, 2.24) is 10.3 Å². The molecule has 19 heavy (non-hydrogen) atoms. The van der Waals surface area contributed by atoms with Crippen LogP contribution in [0.25, 0.3) is 0 Å². The molecule has 4 nitrogen and oxygen atoms in total. The summed E-state index contributed by atoms with van der Waals surface area (Å²) in [6, 6.07) is 5.12. The third-order valence-corrected chi connectivity index (χ3v) is 3.77. The fourth-order valence-corrected chi connectivity index (χ4v) is 2.58. The van der Waals surface area contributed by atoms with Crippen LogP contribution >= 0.6 is 0 Å². The van der Waals surface area contributed by atoms with Gasteiger partial charge in [0.05, 0.1) is 19.3 Å². The smallest absolute Gasteiger partial charge is 0.129 e. The number of morpholine rings is 1. The van der Waals surface area contributed by atoms with Gasteiger partial charge in [0.2, 0.25) is 0 Å². The van der Waals surface area contributed by atoms with E-state index in [1.165, 1.54) is 5.56 Å². The Bertz CT molecular complexity index is 397. The van der Waals surface area contributed by atoms with Gasteiger partial charge < -0.3 is 15.0 Å². The molecular formula is C15H25N3O. The van der Waals surface area contributed by atoms with Crippen molar-refractivity contribution < 1.29 is 4.74 Å². The van der Waals surface area contributed by atoms with E-state index in [0.717, 1.165) is 38.5 Å². The van der Waals surface area contributed by atoms with E-state index in [-0.39, 0.29) is 0 Å². The molecule has 0 amide bonds. The van der Waals surface area contributed by atoms with Crippen molar-refractivity contribution in [3.63, 3.8) is 0 Å². The molecule has 0 spiro atoms. The normalized spacial score (nSPS) is 21.4. The topological polar surface area (TPSA) is 37.4 Å². The van der Waals surface area contributed by atoms with E-state index < -0.39 is 0 Å². The summed E-state index contributed by atoms with van der Waals surface area (Å²) in [6.07, 6.45) is 3.01. The first kappa shape index (κ1) is 14.3. The van der Waals surface area contributed by atoms with Crippen LogP contribution in [0.3, 0.4) is 0 Å². The van der Waals surface area contributed by atoms with E-state index >= 15 is 0 Å². The van der Waals surface area contributed by atoms with E-state index in [4.69, 9.17) is 4.74 Å². The molecule has 2 heterocycles. The van der Waals surface area contributed by atoms with Crippen LogP contribution in [0.1, 0.15) is 38.8 Å². The van der Waals surface area contributed by atoms with Gasteiger partial charge in [-0.25, -0.2) is 4.98 Å². The minimum absolute atomic E-state index is 0.368. The summed E-state index contributed by atoms with van der Waals surface area (Å²) < 4.78 is 5.56. The second-order valence-electron chi connectivity index (χ2n) is 5.06. The highest BCUT2D eigenvalue weighted by Gasteiger charge is 2.22. The Labute approximate surface area is 116 Å². The second kappa shape index (κ2) is 6.87. The lowest BCUT2D eigenvalue weighted by Gasteiger charge is -2.36. The quantitative estimate of drug-likeness (QED) is 0.885. The summed E-state index contributed by atoms with van der Waals surface area (Å²) in [4.78, 5) is 6.93. The zero-order chi connectivity index (χ0) is 13.7. The molecule has 0 bridgehead atoms. The van der Waals surface area contributed by atoms with E-state index in [9.17, 15) is 0 Å². The maximum atomic E-state index is 5.56. The molecule has 106 valence electrons. The molecule has 1 aliphatic heterocycles. The summed E-state index contributed by atoms with van der Waals surface area (Å²) >= 11 is 0. The molecule has 1 saturated heterocycles. The summed E-state index contributed by atoms with van der Waals surface area (Å²) in [5, 5.41) is 3.45. The molecular weight excluding hydrogens is 238 g/mol. The highest BCUT2D eigenvalue weighted by Crippen LogP contribution is 2.22. The van der Waals surface area contributed by atoms with E-state index in [0.29, 0.717) is 12.1 Å². The van der Waals surface area contributed by atoms with Crippen LogP contribution < -0.4 is 10.2 Å². The molecule has 1 aliphatic rings. The third kappa shape index (κ3) is 3.45. The molecule has 2 unspecified atom stereocenters. The standard InChI is InChI=1S/C15H25N3O/c1-4-14-11-19-9-8-18(14)15-10-13(6-7-17-15)12(3)16-5-2/h6-7,10,12,14,16H,4-5,8-9,11H2,1-3H3. The van der Waals surface area contributed by atoms with Crippen LogP contribution in [0.5, 0.6) is 0 Å². The first-order valence-electron chi connectivity index (χ1n) is 7.30. The number of ether oxygens (including phenoxy) is 1. The number of nitrogens with one attached hydrogen (secondary N) is 1. The summed E-state index contributed by atoms with van der Waals surface area (Å²) in [6.45, 7) is 10.1. The first-order valence-corrected chi connectivity index (χ1v) is 7.30. The summed E-state index contributed by atoms with van der Waals surface area (Å²) in [7, 11) is 0. The van der Waals surface area contributed by atoms with Gasteiger partial charge in [0.1, 0.15) is 5.82 Å².